The van der Waals surface area contributed by atoms with Crippen LogP contribution in [0.3, 0.4) is 0 Å². The molecule has 0 spiro atoms. The first kappa shape index (κ1) is 24.1. The molecule has 2 aromatic heterocycles. The summed E-state index contributed by atoms with van der Waals surface area (Å²) in [6, 6.07) is 3.67. The van der Waals surface area contributed by atoms with Gasteiger partial charge in [0.25, 0.3) is 5.92 Å². The number of aromatic nitrogens is 4. The second-order valence-electron chi connectivity index (χ2n) is 9.27. The molecular formula is C23H22ClF3N8O. The molecule has 0 radical (unpaired) electrons. The van der Waals surface area contributed by atoms with Crippen molar-refractivity contribution in [3.8, 4) is 6.07 Å². The van der Waals surface area contributed by atoms with Crippen LogP contribution in [-0.2, 0) is 4.79 Å². The lowest BCUT2D eigenvalue weighted by atomic mass is 9.85. The van der Waals surface area contributed by atoms with Crippen LogP contribution in [0.2, 0.25) is 5.02 Å². The molecule has 0 saturated heterocycles. The summed E-state index contributed by atoms with van der Waals surface area (Å²) in [7, 11) is 0. The summed E-state index contributed by atoms with van der Waals surface area (Å²) in [5.74, 6) is -3.56. The second kappa shape index (κ2) is 9.13. The number of halogens is 4. The molecule has 9 nitrogen and oxygen atoms in total. The summed E-state index contributed by atoms with van der Waals surface area (Å²) in [6.45, 7) is 0. The fourth-order valence-corrected chi connectivity index (χ4v) is 5.08. The number of hydrogen-bond donors (Lipinski definition) is 3. The molecule has 0 unspecified atom stereocenters. The van der Waals surface area contributed by atoms with Crippen molar-refractivity contribution in [3.05, 3.63) is 34.7 Å². The summed E-state index contributed by atoms with van der Waals surface area (Å²) in [6.07, 6.45) is 3.20. The SMILES string of the molecule is N#Cc1cc(F)c(Nc2nc3cnc(NC4CC(F)(F)C4)nc3n2[C@H]2CC[C@H](C(N)=O)CC2)c(Cl)c1. The zero-order chi connectivity index (χ0) is 25.6. The number of hydrogen-bond acceptors (Lipinski definition) is 7. The Balaban J connectivity index is 1.52. The fourth-order valence-electron chi connectivity index (χ4n) is 4.83. The maximum absolute atomic E-state index is 14.8. The number of primary amides is 1. The van der Waals surface area contributed by atoms with Gasteiger partial charge in [-0.25, -0.2) is 23.1 Å². The van der Waals surface area contributed by atoms with Crippen molar-refractivity contribution in [2.75, 3.05) is 10.6 Å². The van der Waals surface area contributed by atoms with Crippen molar-refractivity contribution >= 4 is 46.3 Å². The van der Waals surface area contributed by atoms with E-state index >= 15 is 0 Å². The summed E-state index contributed by atoms with van der Waals surface area (Å²) >= 11 is 6.24. The molecular weight excluding hydrogens is 497 g/mol. The summed E-state index contributed by atoms with van der Waals surface area (Å²) < 4.78 is 43.1. The van der Waals surface area contributed by atoms with Gasteiger partial charge in [-0.05, 0) is 37.8 Å². The van der Waals surface area contributed by atoms with Gasteiger partial charge in [-0.3, -0.25) is 9.36 Å². The number of imidazole rings is 1. The van der Waals surface area contributed by atoms with E-state index in [9.17, 15) is 18.0 Å². The van der Waals surface area contributed by atoms with Crippen molar-refractivity contribution in [1.29, 1.82) is 5.26 Å². The number of rotatable bonds is 6. The Labute approximate surface area is 208 Å². The topological polar surface area (TPSA) is 135 Å². The highest BCUT2D eigenvalue weighted by molar-refractivity contribution is 6.33. The first-order chi connectivity index (χ1) is 17.1. The third-order valence-corrected chi connectivity index (χ3v) is 7.03. The number of benzene rings is 1. The van der Waals surface area contributed by atoms with E-state index in [-0.39, 0.29) is 58.9 Å². The molecule has 13 heteroatoms. The van der Waals surface area contributed by atoms with Gasteiger partial charge in [0.2, 0.25) is 17.8 Å². The zero-order valence-corrected chi connectivity index (χ0v) is 19.7. The van der Waals surface area contributed by atoms with Crippen LogP contribution in [0.1, 0.15) is 50.1 Å². The number of anilines is 3. The standard InChI is InChI=1S/C23H22ClF3N8O/c24-15-5-11(9-28)6-16(25)18(15)33-22-32-17-10-30-21(31-13-7-23(26,27)8-13)34-20(17)35(22)14-3-1-12(2-4-14)19(29)36/h5-6,10,12-14H,1-4,7-8H2,(H2,29,36)(H,32,33)(H,30,31,34)/t12-,14-. The number of nitriles is 1. The normalized spacial score (nSPS) is 21.5. The Morgan fingerprint density at radius 1 is 1.22 bits per heavy atom. The van der Waals surface area contributed by atoms with Crippen LogP contribution in [0.15, 0.2) is 18.3 Å². The average molecular weight is 519 g/mol. The smallest absolute Gasteiger partial charge is 0.252 e. The van der Waals surface area contributed by atoms with Crippen molar-refractivity contribution < 1.29 is 18.0 Å². The molecule has 0 atom stereocenters. The minimum atomic E-state index is -2.69. The molecule has 1 aromatic carbocycles. The molecule has 2 fully saturated rings. The Morgan fingerprint density at radius 3 is 2.56 bits per heavy atom. The fraction of sp³-hybridized carbons (Fsp3) is 0.435. The average Bonchev–Trinajstić information content (AvgIpc) is 3.17. The van der Waals surface area contributed by atoms with Gasteiger partial charge >= 0.3 is 0 Å². The maximum Gasteiger partial charge on any atom is 0.252 e. The molecule has 2 saturated carbocycles. The van der Waals surface area contributed by atoms with E-state index < -0.39 is 17.8 Å². The molecule has 2 heterocycles. The van der Waals surface area contributed by atoms with Gasteiger partial charge in [-0.1, -0.05) is 11.6 Å². The summed E-state index contributed by atoms with van der Waals surface area (Å²) in [5, 5.41) is 14.9. The first-order valence-electron chi connectivity index (χ1n) is 11.5. The van der Waals surface area contributed by atoms with Gasteiger partial charge < -0.3 is 16.4 Å². The van der Waals surface area contributed by atoms with Gasteiger partial charge in [0, 0.05) is 30.8 Å². The molecule has 188 valence electrons. The van der Waals surface area contributed by atoms with E-state index in [2.05, 4.69) is 25.6 Å². The lowest BCUT2D eigenvalue weighted by Gasteiger charge is -2.35. The molecule has 5 rings (SSSR count). The van der Waals surface area contributed by atoms with Crippen LogP contribution >= 0.6 is 11.6 Å². The molecule has 3 aromatic rings. The predicted octanol–water partition coefficient (Wildman–Crippen LogP) is 4.66. The van der Waals surface area contributed by atoms with Crippen molar-refractivity contribution in [2.45, 2.75) is 56.5 Å². The minimum absolute atomic E-state index is 0.00180. The summed E-state index contributed by atoms with van der Waals surface area (Å²) in [5.41, 5.74) is 6.33. The largest absolute Gasteiger partial charge is 0.369 e. The van der Waals surface area contributed by atoms with Crippen LogP contribution < -0.4 is 16.4 Å². The molecule has 0 bridgehead atoms. The first-order valence-corrected chi connectivity index (χ1v) is 11.9. The highest BCUT2D eigenvalue weighted by Gasteiger charge is 2.45. The number of carbonyl (C=O) groups excluding carboxylic acids is 1. The molecule has 36 heavy (non-hydrogen) atoms. The van der Waals surface area contributed by atoms with E-state index in [0.29, 0.717) is 36.8 Å². The van der Waals surface area contributed by atoms with Crippen LogP contribution in [0.4, 0.5) is 30.8 Å². The Morgan fingerprint density at radius 2 is 1.94 bits per heavy atom. The zero-order valence-electron chi connectivity index (χ0n) is 18.9. The van der Waals surface area contributed by atoms with E-state index in [1.54, 1.807) is 4.57 Å². The van der Waals surface area contributed by atoms with Gasteiger partial charge in [0.05, 0.1) is 28.5 Å². The Bertz CT molecular complexity index is 1350. The van der Waals surface area contributed by atoms with Crippen molar-refractivity contribution in [3.63, 3.8) is 0 Å². The molecule has 2 aliphatic rings. The molecule has 2 aliphatic carbocycles. The van der Waals surface area contributed by atoms with Gasteiger partial charge in [-0.15, -0.1) is 0 Å². The van der Waals surface area contributed by atoms with Crippen molar-refractivity contribution in [1.82, 2.24) is 19.5 Å². The van der Waals surface area contributed by atoms with Gasteiger partial charge in [0.1, 0.15) is 11.3 Å². The third-order valence-electron chi connectivity index (χ3n) is 6.73. The van der Waals surface area contributed by atoms with E-state index in [1.807, 2.05) is 6.07 Å². The molecule has 1 amide bonds. The number of nitrogens with two attached hydrogens (primary N) is 1. The van der Waals surface area contributed by atoms with Gasteiger partial charge in [-0.2, -0.15) is 10.2 Å². The minimum Gasteiger partial charge on any atom is -0.369 e. The second-order valence-corrected chi connectivity index (χ2v) is 9.68. The predicted molar refractivity (Wildman–Crippen MR) is 127 cm³/mol. The lowest BCUT2D eigenvalue weighted by Crippen LogP contribution is -2.44. The van der Waals surface area contributed by atoms with Crippen LogP contribution in [0.5, 0.6) is 0 Å². The van der Waals surface area contributed by atoms with E-state index in [4.69, 9.17) is 22.6 Å². The number of nitrogens with one attached hydrogen (secondary N) is 2. The van der Waals surface area contributed by atoms with Crippen LogP contribution in [0, 0.1) is 23.1 Å². The number of amides is 1. The maximum atomic E-state index is 14.8. The van der Waals surface area contributed by atoms with Crippen molar-refractivity contribution in [2.24, 2.45) is 11.7 Å². The molecule has 4 N–H and O–H groups in total. The van der Waals surface area contributed by atoms with Crippen LogP contribution in [-0.4, -0.2) is 37.4 Å². The van der Waals surface area contributed by atoms with Gasteiger partial charge in [0.15, 0.2) is 5.65 Å². The lowest BCUT2D eigenvalue weighted by molar-refractivity contribution is -0.122. The third kappa shape index (κ3) is 4.63. The number of fused-ring (bicyclic) bond motifs is 1. The number of nitrogens with zero attached hydrogens (tertiary/aromatic N) is 5. The van der Waals surface area contributed by atoms with Crippen LogP contribution in [0.25, 0.3) is 11.2 Å². The van der Waals surface area contributed by atoms with E-state index in [1.165, 1.54) is 12.3 Å². The quantitative estimate of drug-likeness (QED) is 0.432. The summed E-state index contributed by atoms with van der Waals surface area (Å²) in [4.78, 5) is 24.9. The Kier molecular flexibility index (Phi) is 6.12. The highest BCUT2D eigenvalue weighted by atomic mass is 35.5. The van der Waals surface area contributed by atoms with E-state index in [0.717, 1.165) is 6.07 Å². The highest BCUT2D eigenvalue weighted by Crippen LogP contribution is 2.40. The Hall–Kier alpha value is -3.59. The number of carbonyl (C=O) groups is 1. The monoisotopic (exact) mass is 518 g/mol. The number of alkyl halides is 2. The molecule has 0 aliphatic heterocycles.